The van der Waals surface area contributed by atoms with Gasteiger partial charge < -0.3 is 4.57 Å². The highest BCUT2D eigenvalue weighted by Crippen LogP contribution is 2.14. The van der Waals surface area contributed by atoms with Crippen LogP contribution in [0.15, 0.2) is 84.2 Å². The number of aromatic nitrogens is 3. The smallest absolute Gasteiger partial charge is 0.257 e. The summed E-state index contributed by atoms with van der Waals surface area (Å²) in [6, 6.07) is 21.5. The van der Waals surface area contributed by atoms with Gasteiger partial charge in [0.05, 0.1) is 18.0 Å². The van der Waals surface area contributed by atoms with Gasteiger partial charge in [0.15, 0.2) is 0 Å². The molecule has 0 fully saturated rings. The Kier molecular flexibility index (Phi) is 5.08. The zero-order valence-electron chi connectivity index (χ0n) is 16.1. The van der Waals surface area contributed by atoms with Crippen LogP contribution in [0.5, 0.6) is 0 Å². The molecule has 0 spiro atoms. The summed E-state index contributed by atoms with van der Waals surface area (Å²) in [4.78, 5) is 16.6. The maximum atomic E-state index is 12.3. The molecule has 2 aromatic heterocycles. The van der Waals surface area contributed by atoms with E-state index in [4.69, 9.17) is 5.26 Å². The van der Waals surface area contributed by atoms with Crippen molar-refractivity contribution in [3.8, 4) is 11.8 Å². The molecule has 0 atom stereocenters. The first-order valence-corrected chi connectivity index (χ1v) is 9.39. The summed E-state index contributed by atoms with van der Waals surface area (Å²) >= 11 is 0. The van der Waals surface area contributed by atoms with E-state index in [9.17, 15) is 4.79 Å². The van der Waals surface area contributed by atoms with Crippen LogP contribution in [0.25, 0.3) is 5.69 Å². The molecule has 0 radical (unpaired) electrons. The molecule has 142 valence electrons. The van der Waals surface area contributed by atoms with E-state index in [1.54, 1.807) is 10.8 Å². The summed E-state index contributed by atoms with van der Waals surface area (Å²) in [6.45, 7) is 2.52. The highest BCUT2D eigenvalue weighted by Gasteiger charge is 2.06. The zero-order valence-corrected chi connectivity index (χ0v) is 16.1. The van der Waals surface area contributed by atoms with Gasteiger partial charge in [-0.1, -0.05) is 30.3 Å². The number of nitrogens with zero attached hydrogens (tertiary/aromatic N) is 4. The van der Waals surface area contributed by atoms with Gasteiger partial charge in [-0.3, -0.25) is 9.36 Å². The molecular weight excluding hydrogens is 360 g/mol. The molecule has 2 heterocycles. The number of pyridine rings is 1. The minimum Gasteiger partial charge on any atom is -0.330 e. The first kappa shape index (κ1) is 18.5. The number of aryl methyl sites for hydroxylation is 1. The number of hydrogen-bond acceptors (Lipinski definition) is 3. The van der Waals surface area contributed by atoms with Gasteiger partial charge in [-0.15, -0.1) is 0 Å². The Morgan fingerprint density at radius 3 is 2.45 bits per heavy atom. The molecule has 5 nitrogen and oxygen atoms in total. The molecule has 5 heteroatoms. The summed E-state index contributed by atoms with van der Waals surface area (Å²) in [7, 11) is 0. The zero-order chi connectivity index (χ0) is 20.2. The van der Waals surface area contributed by atoms with E-state index in [0.717, 1.165) is 34.5 Å². The average molecular weight is 380 g/mol. The predicted octanol–water partition coefficient (Wildman–Crippen LogP) is 3.85. The van der Waals surface area contributed by atoms with E-state index in [-0.39, 0.29) is 5.56 Å². The number of benzene rings is 2. The monoisotopic (exact) mass is 380 g/mol. The molecule has 2 aromatic carbocycles. The molecule has 4 rings (SSSR count). The number of hydrogen-bond donors (Lipinski definition) is 0. The Bertz CT molecular complexity index is 1230. The third kappa shape index (κ3) is 4.02. The van der Waals surface area contributed by atoms with E-state index >= 15 is 0 Å². The third-order valence-electron chi connectivity index (χ3n) is 4.97. The second-order valence-electron chi connectivity index (χ2n) is 7.03. The first-order chi connectivity index (χ1) is 14.1. The molecular formula is C24H20N4O. The maximum Gasteiger partial charge on any atom is 0.257 e. The fourth-order valence-corrected chi connectivity index (χ4v) is 3.31. The van der Waals surface area contributed by atoms with Crippen molar-refractivity contribution in [1.29, 1.82) is 5.26 Å². The van der Waals surface area contributed by atoms with Crippen LogP contribution in [0.3, 0.4) is 0 Å². The van der Waals surface area contributed by atoms with Crippen molar-refractivity contribution in [2.75, 3.05) is 0 Å². The molecule has 0 aliphatic heterocycles. The Balaban J connectivity index is 1.52. The number of imidazole rings is 1. The standard InChI is InChI=1S/C24H20N4O/c1-18-3-2-12-28(24(18)29)22-10-8-21(9-11-22)16-27-17-26-15-23(27)13-19-4-6-20(14-25)7-5-19/h2-12,15,17H,13,16H2,1H3. The van der Waals surface area contributed by atoms with Gasteiger partial charge >= 0.3 is 0 Å². The van der Waals surface area contributed by atoms with E-state index in [1.165, 1.54) is 0 Å². The minimum atomic E-state index is -0.000405. The van der Waals surface area contributed by atoms with Crippen molar-refractivity contribution in [2.24, 2.45) is 0 Å². The molecule has 4 aromatic rings. The Morgan fingerprint density at radius 1 is 1.00 bits per heavy atom. The number of nitriles is 1. The van der Waals surface area contributed by atoms with Gasteiger partial charge in [0.2, 0.25) is 0 Å². The van der Waals surface area contributed by atoms with Gasteiger partial charge in [-0.2, -0.15) is 5.26 Å². The molecule has 0 N–H and O–H groups in total. The third-order valence-corrected chi connectivity index (χ3v) is 4.97. The molecule has 0 bridgehead atoms. The lowest BCUT2D eigenvalue weighted by Crippen LogP contribution is -2.19. The topological polar surface area (TPSA) is 63.6 Å². The van der Waals surface area contributed by atoms with Crippen molar-refractivity contribution in [3.05, 3.63) is 118 Å². The van der Waals surface area contributed by atoms with Crippen LogP contribution in [0.4, 0.5) is 0 Å². The quantitative estimate of drug-likeness (QED) is 0.528. The fraction of sp³-hybridized carbons (Fsp3) is 0.125. The molecule has 0 amide bonds. The lowest BCUT2D eigenvalue weighted by molar-refractivity contribution is 0.753. The summed E-state index contributed by atoms with van der Waals surface area (Å²) in [5, 5.41) is 8.93. The summed E-state index contributed by atoms with van der Waals surface area (Å²) < 4.78 is 3.78. The van der Waals surface area contributed by atoms with Gasteiger partial charge in [0.1, 0.15) is 0 Å². The van der Waals surface area contributed by atoms with Gasteiger partial charge in [0, 0.05) is 42.3 Å². The lowest BCUT2D eigenvalue weighted by Gasteiger charge is -2.11. The van der Waals surface area contributed by atoms with Crippen molar-refractivity contribution in [3.63, 3.8) is 0 Å². The highest BCUT2D eigenvalue weighted by atomic mass is 16.1. The van der Waals surface area contributed by atoms with E-state index in [0.29, 0.717) is 12.1 Å². The average Bonchev–Trinajstić information content (AvgIpc) is 3.18. The van der Waals surface area contributed by atoms with Crippen molar-refractivity contribution < 1.29 is 0 Å². The Morgan fingerprint density at radius 2 is 1.72 bits per heavy atom. The van der Waals surface area contributed by atoms with Crippen LogP contribution in [-0.2, 0) is 13.0 Å². The lowest BCUT2D eigenvalue weighted by atomic mass is 10.1. The van der Waals surface area contributed by atoms with Crippen LogP contribution in [0.1, 0.15) is 27.9 Å². The molecule has 0 saturated carbocycles. The fourth-order valence-electron chi connectivity index (χ4n) is 3.31. The van der Waals surface area contributed by atoms with Crippen molar-refractivity contribution in [2.45, 2.75) is 19.9 Å². The molecule has 0 aliphatic carbocycles. The Hall–Kier alpha value is -3.91. The summed E-state index contributed by atoms with van der Waals surface area (Å²) in [5.41, 5.74) is 5.62. The van der Waals surface area contributed by atoms with E-state index in [1.807, 2.05) is 80.1 Å². The van der Waals surface area contributed by atoms with Crippen LogP contribution >= 0.6 is 0 Å². The van der Waals surface area contributed by atoms with Gasteiger partial charge in [-0.05, 0) is 48.4 Å². The molecule has 0 saturated heterocycles. The van der Waals surface area contributed by atoms with E-state index in [2.05, 4.69) is 15.6 Å². The van der Waals surface area contributed by atoms with Crippen molar-refractivity contribution in [1.82, 2.24) is 14.1 Å². The normalized spacial score (nSPS) is 10.6. The minimum absolute atomic E-state index is 0.000405. The second-order valence-corrected chi connectivity index (χ2v) is 7.03. The summed E-state index contributed by atoms with van der Waals surface area (Å²) in [5.74, 6) is 0. The SMILES string of the molecule is Cc1cccn(-c2ccc(Cn3cncc3Cc3ccc(C#N)cc3)cc2)c1=O. The summed E-state index contributed by atoms with van der Waals surface area (Å²) in [6.07, 6.45) is 6.25. The van der Waals surface area contributed by atoms with Crippen LogP contribution in [0.2, 0.25) is 0 Å². The Labute approximate surface area is 169 Å². The largest absolute Gasteiger partial charge is 0.330 e. The highest BCUT2D eigenvalue weighted by molar-refractivity contribution is 5.36. The second kappa shape index (κ2) is 7.99. The van der Waals surface area contributed by atoms with Crippen LogP contribution < -0.4 is 5.56 Å². The van der Waals surface area contributed by atoms with E-state index < -0.39 is 0 Å². The van der Waals surface area contributed by atoms with Crippen LogP contribution in [0, 0.1) is 18.3 Å². The van der Waals surface area contributed by atoms with Crippen LogP contribution in [-0.4, -0.2) is 14.1 Å². The van der Waals surface area contributed by atoms with Gasteiger partial charge in [-0.25, -0.2) is 4.98 Å². The number of rotatable bonds is 5. The predicted molar refractivity (Wildman–Crippen MR) is 112 cm³/mol. The maximum absolute atomic E-state index is 12.3. The van der Waals surface area contributed by atoms with Gasteiger partial charge in [0.25, 0.3) is 5.56 Å². The molecule has 29 heavy (non-hydrogen) atoms. The molecule has 0 unspecified atom stereocenters. The van der Waals surface area contributed by atoms with Crippen molar-refractivity contribution >= 4 is 0 Å². The first-order valence-electron chi connectivity index (χ1n) is 9.39. The molecule has 0 aliphatic rings.